The van der Waals surface area contributed by atoms with Crippen molar-refractivity contribution in [3.8, 4) is 0 Å². The van der Waals surface area contributed by atoms with Gasteiger partial charge in [-0.3, -0.25) is 0 Å². The van der Waals surface area contributed by atoms with Crippen molar-refractivity contribution < 1.29 is 8.42 Å². The van der Waals surface area contributed by atoms with Gasteiger partial charge in [-0.15, -0.1) is 11.3 Å². The quantitative estimate of drug-likeness (QED) is 0.851. The number of sulfonamides is 1. The minimum absolute atomic E-state index is 0.0485. The Morgan fingerprint density at radius 3 is 2.59 bits per heavy atom. The van der Waals surface area contributed by atoms with Crippen molar-refractivity contribution >= 4 is 21.4 Å². The highest BCUT2D eigenvalue weighted by molar-refractivity contribution is 7.89. The van der Waals surface area contributed by atoms with Crippen LogP contribution in [-0.2, 0) is 16.4 Å². The minimum atomic E-state index is -3.28. The zero-order valence-corrected chi connectivity index (χ0v) is 12.1. The molecule has 0 aliphatic rings. The molecule has 1 heterocycles. The maximum absolute atomic E-state index is 12.1. The van der Waals surface area contributed by atoms with Crippen LogP contribution in [0.5, 0.6) is 0 Å². The molecule has 0 saturated heterocycles. The molecule has 1 aromatic heterocycles. The lowest BCUT2D eigenvalue weighted by atomic mass is 10.2. The van der Waals surface area contributed by atoms with E-state index < -0.39 is 15.3 Å². The Balaban J connectivity index is 2.72. The van der Waals surface area contributed by atoms with Gasteiger partial charge in [0.05, 0.1) is 5.25 Å². The Hall–Kier alpha value is -0.430. The summed E-state index contributed by atoms with van der Waals surface area (Å²) in [5.41, 5.74) is 5.43. The van der Waals surface area contributed by atoms with E-state index in [-0.39, 0.29) is 12.6 Å². The molecule has 98 valence electrons. The molecule has 4 nitrogen and oxygen atoms in total. The first kappa shape index (κ1) is 14.6. The summed E-state index contributed by atoms with van der Waals surface area (Å²) in [5, 5.41) is 1.47. The lowest BCUT2D eigenvalue weighted by Gasteiger charge is -2.26. The van der Waals surface area contributed by atoms with Gasteiger partial charge in [-0.05, 0) is 31.7 Å². The summed E-state index contributed by atoms with van der Waals surface area (Å²) in [6.07, 6.45) is 0.741. The molecule has 0 spiro atoms. The van der Waals surface area contributed by atoms with E-state index in [1.807, 2.05) is 24.4 Å². The summed E-state index contributed by atoms with van der Waals surface area (Å²) < 4.78 is 25.6. The Labute approximate surface area is 107 Å². The topological polar surface area (TPSA) is 63.4 Å². The second-order valence-electron chi connectivity index (χ2n) is 4.24. The van der Waals surface area contributed by atoms with E-state index in [9.17, 15) is 8.42 Å². The van der Waals surface area contributed by atoms with Crippen LogP contribution in [0.4, 0.5) is 0 Å². The first-order valence-electron chi connectivity index (χ1n) is 5.59. The van der Waals surface area contributed by atoms with Crippen LogP contribution in [0.15, 0.2) is 17.5 Å². The van der Waals surface area contributed by atoms with Crippen LogP contribution >= 0.6 is 11.3 Å². The second-order valence-corrected chi connectivity index (χ2v) is 7.68. The van der Waals surface area contributed by atoms with Crippen molar-refractivity contribution in [1.82, 2.24) is 4.31 Å². The average Bonchev–Trinajstić information content (AvgIpc) is 2.79. The standard InChI is InChI=1S/C11H20N2O2S2/c1-9(7-11-5-4-6-16-11)13(3)17(14,15)10(2)8-12/h4-6,9-10H,7-8,12H2,1-3H3. The summed E-state index contributed by atoms with van der Waals surface area (Å²) in [7, 11) is -1.65. The predicted octanol–water partition coefficient (Wildman–Crippen LogP) is 1.29. The SMILES string of the molecule is CC(Cc1cccs1)N(C)S(=O)(=O)C(C)CN. The third-order valence-corrected chi connectivity index (χ3v) is 6.21. The zero-order chi connectivity index (χ0) is 13.1. The summed E-state index contributed by atoms with van der Waals surface area (Å²) >= 11 is 1.65. The van der Waals surface area contributed by atoms with Crippen LogP contribution < -0.4 is 5.73 Å². The van der Waals surface area contributed by atoms with Gasteiger partial charge in [-0.2, -0.15) is 0 Å². The normalized spacial score (nSPS) is 16.1. The fourth-order valence-corrected chi connectivity index (χ4v) is 3.72. The molecule has 2 unspecified atom stereocenters. The lowest BCUT2D eigenvalue weighted by Crippen LogP contribution is -2.43. The van der Waals surface area contributed by atoms with Gasteiger partial charge >= 0.3 is 0 Å². The molecular formula is C11H20N2O2S2. The molecule has 6 heteroatoms. The van der Waals surface area contributed by atoms with E-state index in [2.05, 4.69) is 0 Å². The highest BCUT2D eigenvalue weighted by atomic mass is 32.2. The smallest absolute Gasteiger partial charge is 0.217 e. The largest absolute Gasteiger partial charge is 0.329 e. The Morgan fingerprint density at radius 2 is 2.12 bits per heavy atom. The average molecular weight is 276 g/mol. The maximum Gasteiger partial charge on any atom is 0.217 e. The van der Waals surface area contributed by atoms with Crippen molar-refractivity contribution in [3.63, 3.8) is 0 Å². The highest BCUT2D eigenvalue weighted by Gasteiger charge is 2.28. The van der Waals surface area contributed by atoms with Gasteiger partial charge < -0.3 is 5.73 Å². The van der Waals surface area contributed by atoms with Crippen molar-refractivity contribution in [2.45, 2.75) is 31.6 Å². The van der Waals surface area contributed by atoms with E-state index in [0.717, 1.165) is 6.42 Å². The predicted molar refractivity (Wildman–Crippen MR) is 72.7 cm³/mol. The number of rotatable bonds is 6. The number of likely N-dealkylation sites (N-methyl/N-ethyl adjacent to an activating group) is 1. The number of nitrogens with zero attached hydrogens (tertiary/aromatic N) is 1. The third kappa shape index (κ3) is 3.51. The number of hydrogen-bond donors (Lipinski definition) is 1. The summed E-state index contributed by atoms with van der Waals surface area (Å²) in [4.78, 5) is 1.19. The molecule has 0 saturated carbocycles. The molecule has 0 bridgehead atoms. The van der Waals surface area contributed by atoms with Gasteiger partial charge in [0.15, 0.2) is 0 Å². The van der Waals surface area contributed by atoms with Gasteiger partial charge in [0, 0.05) is 24.5 Å². The highest BCUT2D eigenvalue weighted by Crippen LogP contribution is 2.17. The molecule has 0 aliphatic heterocycles. The molecule has 0 radical (unpaired) electrons. The summed E-state index contributed by atoms with van der Waals surface area (Å²) in [5.74, 6) is 0. The monoisotopic (exact) mass is 276 g/mol. The molecule has 0 amide bonds. The molecule has 17 heavy (non-hydrogen) atoms. The van der Waals surface area contributed by atoms with Crippen molar-refractivity contribution in [2.24, 2.45) is 5.73 Å². The van der Waals surface area contributed by atoms with Crippen LogP contribution in [0.2, 0.25) is 0 Å². The molecule has 2 N–H and O–H groups in total. The van der Waals surface area contributed by atoms with Crippen molar-refractivity contribution in [1.29, 1.82) is 0 Å². The van der Waals surface area contributed by atoms with E-state index in [0.29, 0.717) is 0 Å². The van der Waals surface area contributed by atoms with Crippen LogP contribution in [0.25, 0.3) is 0 Å². The fourth-order valence-electron chi connectivity index (χ4n) is 1.50. The second kappa shape index (κ2) is 5.95. The molecular weight excluding hydrogens is 256 g/mol. The van der Waals surface area contributed by atoms with Crippen LogP contribution in [0, 0.1) is 0 Å². The first-order valence-corrected chi connectivity index (χ1v) is 7.97. The molecule has 1 aromatic rings. The summed E-state index contributed by atoms with van der Waals surface area (Å²) in [6.45, 7) is 3.71. The Bertz CT molecular complexity index is 428. The fraction of sp³-hybridized carbons (Fsp3) is 0.636. The van der Waals surface area contributed by atoms with E-state index in [1.54, 1.807) is 25.3 Å². The van der Waals surface area contributed by atoms with Crippen molar-refractivity contribution in [2.75, 3.05) is 13.6 Å². The molecule has 0 aromatic carbocycles. The van der Waals surface area contributed by atoms with Gasteiger partial charge in [-0.25, -0.2) is 12.7 Å². The van der Waals surface area contributed by atoms with E-state index in [4.69, 9.17) is 5.73 Å². The van der Waals surface area contributed by atoms with Gasteiger partial charge in [0.25, 0.3) is 0 Å². The zero-order valence-electron chi connectivity index (χ0n) is 10.5. The molecule has 1 rings (SSSR count). The molecule has 0 fully saturated rings. The van der Waals surface area contributed by atoms with Gasteiger partial charge in [0.2, 0.25) is 10.0 Å². The van der Waals surface area contributed by atoms with E-state index >= 15 is 0 Å². The minimum Gasteiger partial charge on any atom is -0.329 e. The van der Waals surface area contributed by atoms with Gasteiger partial charge in [-0.1, -0.05) is 6.07 Å². The molecule has 0 aliphatic carbocycles. The number of nitrogens with two attached hydrogens (primary N) is 1. The Morgan fingerprint density at radius 1 is 1.47 bits per heavy atom. The van der Waals surface area contributed by atoms with Crippen molar-refractivity contribution in [3.05, 3.63) is 22.4 Å². The molecule has 2 atom stereocenters. The lowest BCUT2D eigenvalue weighted by molar-refractivity contribution is 0.383. The summed E-state index contributed by atoms with van der Waals surface area (Å²) in [6, 6.07) is 3.95. The van der Waals surface area contributed by atoms with E-state index in [1.165, 1.54) is 9.18 Å². The van der Waals surface area contributed by atoms with Crippen LogP contribution in [0.3, 0.4) is 0 Å². The maximum atomic E-state index is 12.1. The third-order valence-electron chi connectivity index (χ3n) is 2.94. The number of thiophene rings is 1. The van der Waals surface area contributed by atoms with Crippen LogP contribution in [-0.4, -0.2) is 37.6 Å². The Kier molecular flexibility index (Phi) is 5.12. The van der Waals surface area contributed by atoms with Crippen LogP contribution in [0.1, 0.15) is 18.7 Å². The number of hydrogen-bond acceptors (Lipinski definition) is 4. The van der Waals surface area contributed by atoms with Gasteiger partial charge in [0.1, 0.15) is 0 Å². The first-order chi connectivity index (χ1) is 7.89.